The van der Waals surface area contributed by atoms with Crippen LogP contribution < -0.4 is 5.56 Å². The largest absolute Gasteiger partial charge is 0.478 e. The minimum absolute atomic E-state index is 0.0465. The van der Waals surface area contributed by atoms with Gasteiger partial charge in [0.25, 0.3) is 5.56 Å². The fraction of sp³-hybridized carbons (Fsp3) is 0.111. The van der Waals surface area contributed by atoms with Crippen molar-refractivity contribution in [2.24, 2.45) is 0 Å². The Hall–Kier alpha value is -3.28. The Balaban J connectivity index is 2.15. The number of carboxylic acid groups (broad SMARTS) is 1. The summed E-state index contributed by atoms with van der Waals surface area (Å²) in [4.78, 5) is 32.4. The van der Waals surface area contributed by atoms with E-state index in [0.29, 0.717) is 23.3 Å². The minimum Gasteiger partial charge on any atom is -0.478 e. The van der Waals surface area contributed by atoms with Crippen molar-refractivity contribution in [1.82, 2.24) is 14.4 Å². The lowest BCUT2D eigenvalue weighted by Gasteiger charge is -2.07. The van der Waals surface area contributed by atoms with Gasteiger partial charge >= 0.3 is 5.97 Å². The maximum Gasteiger partial charge on any atom is 0.337 e. The molecular formula is C18H15N3O3. The van der Waals surface area contributed by atoms with Crippen LogP contribution in [0.4, 0.5) is 0 Å². The van der Waals surface area contributed by atoms with Crippen molar-refractivity contribution in [3.05, 3.63) is 75.6 Å². The zero-order valence-corrected chi connectivity index (χ0v) is 13.0. The molecule has 0 saturated heterocycles. The minimum atomic E-state index is -1.08. The van der Waals surface area contributed by atoms with Gasteiger partial charge in [-0.05, 0) is 42.8 Å². The molecule has 120 valence electrons. The summed E-state index contributed by atoms with van der Waals surface area (Å²) in [6.45, 7) is 1.87. The van der Waals surface area contributed by atoms with Gasteiger partial charge in [-0.25, -0.2) is 9.78 Å². The molecule has 0 atom stereocenters. The number of pyridine rings is 2. The molecule has 0 radical (unpaired) electrons. The summed E-state index contributed by atoms with van der Waals surface area (Å²) in [5.74, 6) is -1.08. The van der Waals surface area contributed by atoms with Crippen LogP contribution >= 0.6 is 0 Å². The van der Waals surface area contributed by atoms with Gasteiger partial charge in [0, 0.05) is 18.0 Å². The van der Waals surface area contributed by atoms with E-state index in [-0.39, 0.29) is 11.1 Å². The van der Waals surface area contributed by atoms with Crippen LogP contribution in [0.3, 0.4) is 0 Å². The van der Waals surface area contributed by atoms with E-state index in [9.17, 15) is 9.59 Å². The molecule has 0 fully saturated rings. The molecule has 0 aliphatic rings. The molecule has 24 heavy (non-hydrogen) atoms. The van der Waals surface area contributed by atoms with Gasteiger partial charge in [0.05, 0.1) is 17.0 Å². The van der Waals surface area contributed by atoms with E-state index in [1.165, 1.54) is 22.7 Å². The van der Waals surface area contributed by atoms with Gasteiger partial charge < -0.3 is 5.11 Å². The summed E-state index contributed by atoms with van der Waals surface area (Å²) in [7, 11) is 0. The molecule has 0 amide bonds. The molecule has 3 heterocycles. The van der Waals surface area contributed by atoms with Crippen LogP contribution in [-0.4, -0.2) is 25.4 Å². The Morgan fingerprint density at radius 2 is 2.08 bits per heavy atom. The molecule has 0 aliphatic carbocycles. The average molecular weight is 321 g/mol. The second kappa shape index (κ2) is 6.45. The van der Waals surface area contributed by atoms with Gasteiger partial charge in [-0.15, -0.1) is 0 Å². The molecule has 1 N–H and O–H groups in total. The van der Waals surface area contributed by atoms with Gasteiger partial charge in [-0.2, -0.15) is 0 Å². The van der Waals surface area contributed by atoms with Crippen molar-refractivity contribution in [3.63, 3.8) is 0 Å². The number of hydrogen-bond acceptors (Lipinski definition) is 4. The SMILES string of the molecule is CCc1c(/C=C/c2ccccn2)nc2ccc(C(=O)O)cn2c1=O. The number of rotatable bonds is 4. The van der Waals surface area contributed by atoms with Crippen molar-refractivity contribution in [2.45, 2.75) is 13.3 Å². The topological polar surface area (TPSA) is 84.6 Å². The Morgan fingerprint density at radius 1 is 1.25 bits per heavy atom. The molecule has 0 unspecified atom stereocenters. The standard InChI is InChI=1S/C18H15N3O3/c1-2-14-15(8-7-13-5-3-4-10-19-13)20-16-9-6-12(18(23)24)11-21(16)17(14)22/h3-11H,2H2,1H3,(H,23,24)/b8-7+. The summed E-state index contributed by atoms with van der Waals surface area (Å²) >= 11 is 0. The Labute approximate surface area is 137 Å². The number of hydrogen-bond donors (Lipinski definition) is 1. The van der Waals surface area contributed by atoms with E-state index in [0.717, 1.165) is 5.69 Å². The van der Waals surface area contributed by atoms with E-state index < -0.39 is 5.97 Å². The normalized spacial score (nSPS) is 11.2. The maximum atomic E-state index is 12.6. The third kappa shape index (κ3) is 2.94. The highest BCUT2D eigenvalue weighted by atomic mass is 16.4. The number of nitrogens with zero attached hydrogens (tertiary/aromatic N) is 3. The Kier molecular flexibility index (Phi) is 4.20. The van der Waals surface area contributed by atoms with Gasteiger partial charge in [0.1, 0.15) is 5.65 Å². The third-order valence-corrected chi connectivity index (χ3v) is 3.65. The van der Waals surface area contributed by atoms with Gasteiger partial charge in [-0.3, -0.25) is 14.2 Å². The second-order valence-corrected chi connectivity index (χ2v) is 5.17. The monoisotopic (exact) mass is 321 g/mol. The van der Waals surface area contributed by atoms with E-state index in [2.05, 4.69) is 9.97 Å². The van der Waals surface area contributed by atoms with Crippen LogP contribution in [0.1, 0.15) is 34.2 Å². The molecule has 0 aromatic carbocycles. The maximum absolute atomic E-state index is 12.6. The fourth-order valence-corrected chi connectivity index (χ4v) is 2.43. The predicted molar refractivity (Wildman–Crippen MR) is 91.0 cm³/mol. The summed E-state index contributed by atoms with van der Waals surface area (Å²) < 4.78 is 1.28. The lowest BCUT2D eigenvalue weighted by molar-refractivity contribution is 0.0696. The lowest BCUT2D eigenvalue weighted by Crippen LogP contribution is -2.22. The highest BCUT2D eigenvalue weighted by Crippen LogP contribution is 2.11. The van der Waals surface area contributed by atoms with Gasteiger partial charge in [0.2, 0.25) is 0 Å². The van der Waals surface area contributed by atoms with Crippen LogP contribution in [0.15, 0.2) is 47.5 Å². The average Bonchev–Trinajstić information content (AvgIpc) is 2.60. The molecule has 3 rings (SSSR count). The first kappa shape index (κ1) is 15.6. The summed E-state index contributed by atoms with van der Waals surface area (Å²) in [5, 5.41) is 9.07. The van der Waals surface area contributed by atoms with Crippen LogP contribution in [0, 0.1) is 0 Å². The third-order valence-electron chi connectivity index (χ3n) is 3.65. The Bertz CT molecular complexity index is 992. The van der Waals surface area contributed by atoms with E-state index in [1.54, 1.807) is 18.3 Å². The summed E-state index contributed by atoms with van der Waals surface area (Å²) in [5.41, 5.74) is 2.06. The fourth-order valence-electron chi connectivity index (χ4n) is 2.43. The molecule has 6 heteroatoms. The Morgan fingerprint density at radius 3 is 2.75 bits per heavy atom. The molecule has 3 aromatic heterocycles. The highest BCUT2D eigenvalue weighted by molar-refractivity contribution is 5.87. The van der Waals surface area contributed by atoms with Crippen LogP contribution in [0.5, 0.6) is 0 Å². The van der Waals surface area contributed by atoms with Gasteiger partial charge in [-0.1, -0.05) is 13.0 Å². The number of aromatic nitrogens is 3. The first-order valence-electron chi connectivity index (χ1n) is 7.48. The molecule has 0 saturated carbocycles. The zero-order chi connectivity index (χ0) is 17.1. The van der Waals surface area contributed by atoms with Crippen molar-refractivity contribution in [3.8, 4) is 0 Å². The van der Waals surface area contributed by atoms with E-state index >= 15 is 0 Å². The number of carbonyl (C=O) groups is 1. The van der Waals surface area contributed by atoms with Gasteiger partial charge in [0.15, 0.2) is 0 Å². The molecule has 6 nitrogen and oxygen atoms in total. The zero-order valence-electron chi connectivity index (χ0n) is 13.0. The van der Waals surface area contributed by atoms with Crippen molar-refractivity contribution in [1.29, 1.82) is 0 Å². The predicted octanol–water partition coefficient (Wildman–Crippen LogP) is 2.52. The first-order valence-corrected chi connectivity index (χ1v) is 7.48. The van der Waals surface area contributed by atoms with E-state index in [1.807, 2.05) is 25.1 Å². The highest BCUT2D eigenvalue weighted by Gasteiger charge is 2.11. The first-order chi connectivity index (χ1) is 11.6. The van der Waals surface area contributed by atoms with Crippen molar-refractivity contribution < 1.29 is 9.90 Å². The number of carboxylic acids is 1. The smallest absolute Gasteiger partial charge is 0.337 e. The van der Waals surface area contributed by atoms with Crippen molar-refractivity contribution in [2.75, 3.05) is 0 Å². The molecule has 3 aromatic rings. The summed E-state index contributed by atoms with van der Waals surface area (Å²) in [6, 6.07) is 8.53. The molecular weight excluding hydrogens is 306 g/mol. The molecule has 0 spiro atoms. The quantitative estimate of drug-likeness (QED) is 0.798. The molecule has 0 bridgehead atoms. The molecule has 0 aliphatic heterocycles. The van der Waals surface area contributed by atoms with Crippen LogP contribution in [0.2, 0.25) is 0 Å². The van der Waals surface area contributed by atoms with Crippen LogP contribution in [-0.2, 0) is 6.42 Å². The van der Waals surface area contributed by atoms with Crippen LogP contribution in [0.25, 0.3) is 17.8 Å². The lowest BCUT2D eigenvalue weighted by atomic mass is 10.1. The summed E-state index contributed by atoms with van der Waals surface area (Å²) in [6.07, 6.45) is 7.04. The number of fused-ring (bicyclic) bond motifs is 1. The second-order valence-electron chi connectivity index (χ2n) is 5.17. The van der Waals surface area contributed by atoms with E-state index in [4.69, 9.17) is 5.11 Å². The van der Waals surface area contributed by atoms with Crippen molar-refractivity contribution >= 4 is 23.8 Å². The number of aromatic carboxylic acids is 1.